The van der Waals surface area contributed by atoms with Gasteiger partial charge >= 0.3 is 11.9 Å². The largest absolute Gasteiger partial charge is 0.478 e. The van der Waals surface area contributed by atoms with Crippen LogP contribution in [-0.2, 0) is 26.2 Å². The first-order valence-electron chi connectivity index (χ1n) is 9.18. The van der Waals surface area contributed by atoms with Crippen LogP contribution in [0.5, 0.6) is 0 Å². The van der Waals surface area contributed by atoms with Gasteiger partial charge in [0.1, 0.15) is 10.7 Å². The molecule has 0 amide bonds. The first-order chi connectivity index (χ1) is 15.6. The molecule has 0 fully saturated rings. The van der Waals surface area contributed by atoms with Crippen LogP contribution >= 0.6 is 0 Å². The molecule has 0 aliphatic heterocycles. The van der Waals surface area contributed by atoms with Crippen molar-refractivity contribution in [2.24, 2.45) is 0 Å². The number of carbonyl (C=O) groups is 2. The normalized spacial score (nSPS) is 11.1. The fourth-order valence-electron chi connectivity index (χ4n) is 2.67. The summed E-state index contributed by atoms with van der Waals surface area (Å²) >= 11 is 0. The second-order valence-corrected chi connectivity index (χ2v) is 8.13. The van der Waals surface area contributed by atoms with Gasteiger partial charge in [-0.15, -0.1) is 0 Å². The number of aromatic nitrogens is 2. The highest BCUT2D eigenvalue weighted by Crippen LogP contribution is 2.29. The zero-order valence-electron chi connectivity index (χ0n) is 17.1. The first-order valence-corrected chi connectivity index (χ1v) is 10.6. The van der Waals surface area contributed by atoms with Crippen LogP contribution in [0.4, 0.5) is 8.78 Å². The van der Waals surface area contributed by atoms with E-state index >= 15 is 0 Å². The highest BCUT2D eigenvalue weighted by atomic mass is 32.2. The Bertz CT molecular complexity index is 1270. The summed E-state index contributed by atoms with van der Waals surface area (Å²) < 4.78 is 54.9. The highest BCUT2D eigenvalue weighted by Gasteiger charge is 2.25. The minimum absolute atomic E-state index is 0.0183. The number of nitrogens with zero attached hydrogens (tertiary/aromatic N) is 2. The first kappa shape index (κ1) is 25.4. The monoisotopic (exact) mass is 479 g/mol. The van der Waals surface area contributed by atoms with E-state index in [1.165, 1.54) is 48.8 Å². The average Bonchev–Trinajstić information content (AvgIpc) is 3.18. The topological polar surface area (TPSA) is 139 Å². The van der Waals surface area contributed by atoms with Crippen molar-refractivity contribution in [1.82, 2.24) is 14.3 Å². The van der Waals surface area contributed by atoms with Crippen LogP contribution in [0.15, 0.2) is 71.9 Å². The van der Waals surface area contributed by atoms with E-state index in [1.807, 2.05) is 0 Å². The standard InChI is InChI=1S/C17H15F2N3O2S.C4H4O4/c1-20-10-12-9-15(13-5-4-8-21-17(13)19)22(11-12)25(23,24)16-7-3-2-6-14(16)18;5-3(6)1-2-4(7)8/h2-9,11,20H,10H2,1H3;1-2H,(H,5,6)(H,7,8)/b;2-1+. The van der Waals surface area contributed by atoms with E-state index in [9.17, 15) is 26.8 Å². The minimum Gasteiger partial charge on any atom is -0.478 e. The smallest absolute Gasteiger partial charge is 0.328 e. The molecule has 3 rings (SSSR count). The van der Waals surface area contributed by atoms with Crippen molar-refractivity contribution in [3.63, 3.8) is 0 Å². The summed E-state index contributed by atoms with van der Waals surface area (Å²) in [6.45, 7) is 0.370. The Morgan fingerprint density at radius 2 is 1.73 bits per heavy atom. The van der Waals surface area contributed by atoms with Crippen LogP contribution in [0.3, 0.4) is 0 Å². The molecule has 0 aliphatic rings. The molecule has 12 heteroatoms. The zero-order valence-corrected chi connectivity index (χ0v) is 18.0. The van der Waals surface area contributed by atoms with E-state index < -0.39 is 38.6 Å². The molecule has 0 spiro atoms. The van der Waals surface area contributed by atoms with Crippen molar-refractivity contribution in [3.8, 4) is 11.3 Å². The van der Waals surface area contributed by atoms with Gasteiger partial charge in [-0.2, -0.15) is 4.39 Å². The average molecular weight is 479 g/mol. The lowest BCUT2D eigenvalue weighted by Crippen LogP contribution is -2.15. The number of benzene rings is 1. The van der Waals surface area contributed by atoms with Crippen LogP contribution in [0.2, 0.25) is 0 Å². The van der Waals surface area contributed by atoms with Gasteiger partial charge < -0.3 is 15.5 Å². The van der Waals surface area contributed by atoms with Crippen molar-refractivity contribution in [3.05, 3.63) is 84.3 Å². The number of carboxylic acids is 2. The van der Waals surface area contributed by atoms with Crippen LogP contribution in [0.1, 0.15) is 5.56 Å². The van der Waals surface area contributed by atoms with Crippen molar-refractivity contribution in [2.45, 2.75) is 11.4 Å². The molecule has 2 heterocycles. The molecule has 174 valence electrons. The van der Waals surface area contributed by atoms with E-state index in [0.717, 1.165) is 10.0 Å². The molecule has 0 atom stereocenters. The number of nitrogens with one attached hydrogen (secondary N) is 1. The number of hydrogen-bond acceptors (Lipinski definition) is 6. The molecule has 0 aliphatic carbocycles. The highest BCUT2D eigenvalue weighted by molar-refractivity contribution is 7.90. The number of carboxylic acid groups (broad SMARTS) is 2. The Kier molecular flexibility index (Phi) is 8.54. The molecule has 0 unspecified atom stereocenters. The number of halogens is 2. The second kappa shape index (κ2) is 11.1. The molecule has 9 nitrogen and oxygen atoms in total. The molecule has 0 saturated heterocycles. The van der Waals surface area contributed by atoms with Crippen molar-refractivity contribution >= 4 is 22.0 Å². The van der Waals surface area contributed by atoms with Gasteiger partial charge in [0.2, 0.25) is 5.95 Å². The molecule has 0 radical (unpaired) electrons. The molecule has 0 bridgehead atoms. The quantitative estimate of drug-likeness (QED) is 0.347. The van der Waals surface area contributed by atoms with Gasteiger partial charge in [-0.1, -0.05) is 12.1 Å². The third-order valence-corrected chi connectivity index (χ3v) is 5.71. The van der Waals surface area contributed by atoms with Gasteiger partial charge in [-0.05, 0) is 42.9 Å². The summed E-state index contributed by atoms with van der Waals surface area (Å²) in [5, 5.41) is 18.5. The van der Waals surface area contributed by atoms with Crippen LogP contribution in [0.25, 0.3) is 11.3 Å². The van der Waals surface area contributed by atoms with Crippen molar-refractivity contribution in [2.75, 3.05) is 7.05 Å². The molecule has 3 N–H and O–H groups in total. The second-order valence-electron chi connectivity index (χ2n) is 6.35. The Labute approximate surface area is 187 Å². The maximum absolute atomic E-state index is 14.1. The van der Waals surface area contributed by atoms with E-state index in [0.29, 0.717) is 24.3 Å². The summed E-state index contributed by atoms with van der Waals surface area (Å²) in [7, 11) is -2.54. The van der Waals surface area contributed by atoms with Gasteiger partial charge in [-0.3, -0.25) is 0 Å². The van der Waals surface area contributed by atoms with Gasteiger partial charge in [0.25, 0.3) is 10.0 Å². The van der Waals surface area contributed by atoms with E-state index in [4.69, 9.17) is 10.2 Å². The molecular formula is C21H19F2N3O6S. The number of pyridine rings is 1. The summed E-state index contributed by atoms with van der Waals surface area (Å²) in [4.78, 5) is 22.2. The molecule has 3 aromatic rings. The maximum Gasteiger partial charge on any atom is 0.328 e. The van der Waals surface area contributed by atoms with E-state index in [1.54, 1.807) is 7.05 Å². The summed E-state index contributed by atoms with van der Waals surface area (Å²) in [6, 6.07) is 9.53. The number of aliphatic carboxylic acids is 2. The molecular weight excluding hydrogens is 460 g/mol. The van der Waals surface area contributed by atoms with Gasteiger partial charge in [0.15, 0.2) is 0 Å². The Morgan fingerprint density at radius 3 is 2.27 bits per heavy atom. The van der Waals surface area contributed by atoms with E-state index in [2.05, 4.69) is 10.3 Å². The predicted octanol–water partition coefficient (Wildman–Crippen LogP) is 2.50. The molecule has 1 aromatic carbocycles. The molecule has 33 heavy (non-hydrogen) atoms. The minimum atomic E-state index is -4.24. The lowest BCUT2D eigenvalue weighted by molar-refractivity contribution is -0.134. The van der Waals surface area contributed by atoms with Crippen LogP contribution in [0, 0.1) is 11.8 Å². The Balaban J connectivity index is 0.000000414. The van der Waals surface area contributed by atoms with E-state index in [-0.39, 0.29) is 11.3 Å². The lowest BCUT2D eigenvalue weighted by atomic mass is 10.2. The Hall–Kier alpha value is -3.90. The SMILES string of the molecule is CNCc1cc(-c2cccnc2F)n(S(=O)(=O)c2ccccc2F)c1.O=C(O)/C=C/C(=O)O. The summed E-state index contributed by atoms with van der Waals surface area (Å²) in [5.41, 5.74) is 0.713. The number of hydrogen-bond donors (Lipinski definition) is 3. The van der Waals surface area contributed by atoms with Crippen molar-refractivity contribution in [1.29, 1.82) is 0 Å². The number of rotatable bonds is 7. The summed E-state index contributed by atoms with van der Waals surface area (Å²) in [5.74, 6) is -4.19. The Morgan fingerprint density at radius 1 is 1.09 bits per heavy atom. The third-order valence-electron chi connectivity index (χ3n) is 4.00. The van der Waals surface area contributed by atoms with Crippen LogP contribution in [-0.4, -0.2) is 46.6 Å². The maximum atomic E-state index is 14.1. The summed E-state index contributed by atoms with van der Waals surface area (Å²) in [6.07, 6.45) is 3.73. The zero-order chi connectivity index (χ0) is 24.6. The van der Waals surface area contributed by atoms with Crippen molar-refractivity contribution < 1.29 is 37.0 Å². The fraction of sp³-hybridized carbons (Fsp3) is 0.0952. The molecule has 0 saturated carbocycles. The fourth-order valence-corrected chi connectivity index (χ4v) is 4.13. The van der Waals surface area contributed by atoms with Gasteiger partial charge in [0.05, 0.1) is 11.3 Å². The van der Waals surface area contributed by atoms with Crippen LogP contribution < -0.4 is 5.32 Å². The molecule has 2 aromatic heterocycles. The van der Waals surface area contributed by atoms with Gasteiger partial charge in [-0.25, -0.2) is 31.4 Å². The van der Waals surface area contributed by atoms with Gasteiger partial charge in [0, 0.05) is 31.1 Å². The predicted molar refractivity (Wildman–Crippen MR) is 114 cm³/mol. The third kappa shape index (κ3) is 6.54. The lowest BCUT2D eigenvalue weighted by Gasteiger charge is -2.11.